The van der Waals surface area contributed by atoms with Gasteiger partial charge in [0.15, 0.2) is 0 Å². The van der Waals surface area contributed by atoms with Gasteiger partial charge in [-0.3, -0.25) is 4.79 Å². The molecule has 1 amide bonds. The van der Waals surface area contributed by atoms with Gasteiger partial charge in [-0.1, -0.05) is 18.2 Å². The first kappa shape index (κ1) is 11.3. The minimum atomic E-state index is -0.404. The van der Waals surface area contributed by atoms with Crippen LogP contribution < -0.4 is 5.32 Å². The first-order valence-electron chi connectivity index (χ1n) is 6.28. The molecule has 3 N–H and O–H groups in total. The summed E-state index contributed by atoms with van der Waals surface area (Å²) in [6.45, 7) is 0.336. The second-order valence-corrected chi connectivity index (χ2v) is 4.86. The Balaban J connectivity index is 1.71. The number of fused-ring (bicyclic) bond motifs is 1. The number of carbonyl (C=O) groups excluding carboxylic acids is 1. The highest BCUT2D eigenvalue weighted by atomic mass is 16.3. The van der Waals surface area contributed by atoms with Crippen molar-refractivity contribution in [1.29, 1.82) is 0 Å². The van der Waals surface area contributed by atoms with Gasteiger partial charge in [0.1, 0.15) is 0 Å². The summed E-state index contributed by atoms with van der Waals surface area (Å²) in [5, 5.41) is 13.4. The molecule has 3 rings (SSSR count). The predicted molar refractivity (Wildman–Crippen MR) is 69.4 cm³/mol. The van der Waals surface area contributed by atoms with Gasteiger partial charge in [0.05, 0.1) is 11.7 Å². The van der Waals surface area contributed by atoms with Gasteiger partial charge < -0.3 is 15.4 Å². The fourth-order valence-electron chi connectivity index (χ4n) is 2.20. The van der Waals surface area contributed by atoms with Crippen molar-refractivity contribution in [2.45, 2.75) is 18.9 Å². The molecule has 1 heterocycles. The Morgan fingerprint density at radius 3 is 3.00 bits per heavy atom. The summed E-state index contributed by atoms with van der Waals surface area (Å²) in [7, 11) is 0. The van der Waals surface area contributed by atoms with Crippen molar-refractivity contribution in [3.63, 3.8) is 0 Å². The number of aromatic amines is 1. The SMILES string of the molecule is O=C(NCC(O)C1CC1)c1c[nH]c2ccccc12. The van der Waals surface area contributed by atoms with Crippen LogP contribution in [0.3, 0.4) is 0 Å². The van der Waals surface area contributed by atoms with E-state index in [-0.39, 0.29) is 5.91 Å². The monoisotopic (exact) mass is 244 g/mol. The molecule has 1 saturated carbocycles. The number of aromatic nitrogens is 1. The van der Waals surface area contributed by atoms with Crippen LogP contribution in [0.15, 0.2) is 30.5 Å². The van der Waals surface area contributed by atoms with E-state index in [1.165, 1.54) is 0 Å². The summed E-state index contributed by atoms with van der Waals surface area (Å²) in [5.41, 5.74) is 1.58. The van der Waals surface area contributed by atoms with Gasteiger partial charge in [0.25, 0.3) is 5.91 Å². The summed E-state index contributed by atoms with van der Waals surface area (Å²) < 4.78 is 0. The smallest absolute Gasteiger partial charge is 0.253 e. The van der Waals surface area contributed by atoms with Crippen LogP contribution in [0.1, 0.15) is 23.2 Å². The van der Waals surface area contributed by atoms with Gasteiger partial charge in [-0.05, 0) is 24.8 Å². The number of benzene rings is 1. The Bertz CT molecular complexity index is 572. The summed E-state index contributed by atoms with van der Waals surface area (Å²) in [4.78, 5) is 15.1. The van der Waals surface area contributed by atoms with Gasteiger partial charge >= 0.3 is 0 Å². The van der Waals surface area contributed by atoms with Gasteiger partial charge in [-0.2, -0.15) is 0 Å². The molecule has 1 aliphatic rings. The number of amides is 1. The topological polar surface area (TPSA) is 65.1 Å². The lowest BCUT2D eigenvalue weighted by Gasteiger charge is -2.10. The third kappa shape index (κ3) is 2.11. The zero-order valence-corrected chi connectivity index (χ0v) is 10.0. The zero-order chi connectivity index (χ0) is 12.5. The third-order valence-corrected chi connectivity index (χ3v) is 3.47. The fourth-order valence-corrected chi connectivity index (χ4v) is 2.20. The van der Waals surface area contributed by atoms with Crippen LogP contribution in [0.2, 0.25) is 0 Å². The van der Waals surface area contributed by atoms with Gasteiger partial charge in [-0.25, -0.2) is 0 Å². The van der Waals surface area contributed by atoms with Crippen molar-refractivity contribution < 1.29 is 9.90 Å². The number of hydrogen-bond donors (Lipinski definition) is 3. The number of nitrogens with one attached hydrogen (secondary N) is 2. The lowest BCUT2D eigenvalue weighted by molar-refractivity contribution is 0.0903. The minimum absolute atomic E-state index is 0.132. The number of para-hydroxylation sites is 1. The molecule has 1 fully saturated rings. The Morgan fingerprint density at radius 2 is 2.22 bits per heavy atom. The molecule has 1 aromatic carbocycles. The molecule has 1 unspecified atom stereocenters. The van der Waals surface area contributed by atoms with E-state index >= 15 is 0 Å². The summed E-state index contributed by atoms with van der Waals surface area (Å²) in [5.74, 6) is 0.250. The van der Waals surface area contributed by atoms with Crippen molar-refractivity contribution in [2.75, 3.05) is 6.54 Å². The standard InChI is InChI=1S/C14H16N2O2/c17-13(9-5-6-9)8-16-14(18)11-7-15-12-4-2-1-3-10(11)12/h1-4,7,9,13,15,17H,5-6,8H2,(H,16,18). The van der Waals surface area contributed by atoms with Gasteiger partial charge in [-0.15, -0.1) is 0 Å². The Hall–Kier alpha value is -1.81. The molecule has 0 bridgehead atoms. The molecule has 94 valence electrons. The number of H-pyrrole nitrogens is 1. The van der Waals surface area contributed by atoms with E-state index in [0.29, 0.717) is 18.0 Å². The average molecular weight is 244 g/mol. The quantitative estimate of drug-likeness (QED) is 0.766. The van der Waals surface area contributed by atoms with Gasteiger partial charge in [0.2, 0.25) is 0 Å². The van der Waals surface area contributed by atoms with Crippen LogP contribution in [-0.4, -0.2) is 28.6 Å². The van der Waals surface area contributed by atoms with E-state index < -0.39 is 6.10 Å². The maximum atomic E-state index is 12.0. The summed E-state index contributed by atoms with van der Waals surface area (Å²) in [6.07, 6.45) is 3.46. The number of hydrogen-bond acceptors (Lipinski definition) is 2. The Morgan fingerprint density at radius 1 is 1.44 bits per heavy atom. The van der Waals surface area contributed by atoms with E-state index in [2.05, 4.69) is 10.3 Å². The third-order valence-electron chi connectivity index (χ3n) is 3.47. The Labute approximate surface area is 105 Å². The second kappa shape index (κ2) is 4.46. The van der Waals surface area contributed by atoms with Crippen molar-refractivity contribution in [3.05, 3.63) is 36.0 Å². The van der Waals surface area contributed by atoms with E-state index in [1.807, 2.05) is 24.3 Å². The average Bonchev–Trinajstić information content (AvgIpc) is 3.15. The first-order chi connectivity index (χ1) is 8.75. The van der Waals surface area contributed by atoms with Crippen molar-refractivity contribution in [3.8, 4) is 0 Å². The molecule has 2 aromatic rings. The molecule has 1 aromatic heterocycles. The molecular weight excluding hydrogens is 228 g/mol. The predicted octanol–water partition coefficient (Wildman–Crippen LogP) is 1.67. The van der Waals surface area contributed by atoms with Crippen LogP contribution in [0.5, 0.6) is 0 Å². The molecule has 0 spiro atoms. The van der Waals surface area contributed by atoms with E-state index in [0.717, 1.165) is 23.7 Å². The molecule has 4 heteroatoms. The van der Waals surface area contributed by atoms with E-state index in [9.17, 15) is 9.90 Å². The van der Waals surface area contributed by atoms with E-state index in [1.54, 1.807) is 6.20 Å². The second-order valence-electron chi connectivity index (χ2n) is 4.86. The van der Waals surface area contributed by atoms with Crippen LogP contribution in [0.4, 0.5) is 0 Å². The van der Waals surface area contributed by atoms with E-state index in [4.69, 9.17) is 0 Å². The van der Waals surface area contributed by atoms with Crippen molar-refractivity contribution >= 4 is 16.8 Å². The molecule has 0 saturated heterocycles. The fraction of sp³-hybridized carbons (Fsp3) is 0.357. The van der Waals surface area contributed by atoms with Crippen LogP contribution in [0.25, 0.3) is 10.9 Å². The number of aliphatic hydroxyl groups excluding tert-OH is 1. The highest BCUT2D eigenvalue weighted by Gasteiger charge is 2.29. The highest BCUT2D eigenvalue weighted by molar-refractivity contribution is 6.06. The molecule has 18 heavy (non-hydrogen) atoms. The molecule has 0 radical (unpaired) electrons. The number of rotatable bonds is 4. The maximum Gasteiger partial charge on any atom is 0.253 e. The minimum Gasteiger partial charge on any atom is -0.391 e. The summed E-state index contributed by atoms with van der Waals surface area (Å²) in [6, 6.07) is 7.69. The number of carbonyl (C=O) groups is 1. The normalized spacial score (nSPS) is 16.7. The van der Waals surface area contributed by atoms with Crippen molar-refractivity contribution in [2.24, 2.45) is 5.92 Å². The lowest BCUT2D eigenvalue weighted by atomic mass is 10.1. The molecule has 1 aliphatic carbocycles. The largest absolute Gasteiger partial charge is 0.391 e. The van der Waals surface area contributed by atoms with Crippen LogP contribution in [0, 0.1) is 5.92 Å². The molecule has 1 atom stereocenters. The highest BCUT2D eigenvalue weighted by Crippen LogP contribution is 2.32. The van der Waals surface area contributed by atoms with Crippen LogP contribution in [-0.2, 0) is 0 Å². The maximum absolute atomic E-state index is 12.0. The number of aliphatic hydroxyl groups is 1. The molecule has 0 aliphatic heterocycles. The van der Waals surface area contributed by atoms with Crippen molar-refractivity contribution in [1.82, 2.24) is 10.3 Å². The van der Waals surface area contributed by atoms with Crippen LogP contribution >= 0.6 is 0 Å². The molecule has 4 nitrogen and oxygen atoms in total. The van der Waals surface area contributed by atoms with Gasteiger partial charge in [0, 0.05) is 23.6 Å². The first-order valence-corrected chi connectivity index (χ1v) is 6.28. The lowest BCUT2D eigenvalue weighted by Crippen LogP contribution is -2.33. The Kier molecular flexibility index (Phi) is 2.80. The molecular formula is C14H16N2O2. The zero-order valence-electron chi connectivity index (χ0n) is 10.0. The summed E-state index contributed by atoms with van der Waals surface area (Å²) >= 11 is 0.